The maximum Gasteiger partial charge on any atom is 0.247 e. The third kappa shape index (κ3) is 1.88. The Hall–Kier alpha value is -0.870. The van der Waals surface area contributed by atoms with E-state index in [1.807, 2.05) is 17.0 Å². The molecule has 1 amide bonds. The normalized spacial score (nSPS) is 21.1. The van der Waals surface area contributed by atoms with Crippen LogP contribution in [0.3, 0.4) is 0 Å². The molecular weight excluding hydrogens is 292 g/mol. The second-order valence-electron chi connectivity index (χ2n) is 5.34. The van der Waals surface area contributed by atoms with Crippen molar-refractivity contribution < 1.29 is 4.79 Å². The zero-order valence-electron chi connectivity index (χ0n) is 10.3. The summed E-state index contributed by atoms with van der Waals surface area (Å²) in [6.45, 7) is 0.767. The van der Waals surface area contributed by atoms with Gasteiger partial charge in [-0.1, -0.05) is 28.8 Å². The van der Waals surface area contributed by atoms with Crippen LogP contribution in [0.4, 0.5) is 5.69 Å². The van der Waals surface area contributed by atoms with Gasteiger partial charge in [0.15, 0.2) is 0 Å². The number of carbonyl (C=O) groups is 1. The minimum atomic E-state index is -0.616. The quantitative estimate of drug-likeness (QED) is 0.867. The topological polar surface area (TPSA) is 46.3 Å². The van der Waals surface area contributed by atoms with Gasteiger partial charge in [-0.25, -0.2) is 0 Å². The molecule has 0 bridgehead atoms. The average molecular weight is 309 g/mol. The van der Waals surface area contributed by atoms with Crippen molar-refractivity contribution in [2.45, 2.75) is 37.6 Å². The lowest BCUT2D eigenvalue weighted by Gasteiger charge is -2.29. The van der Waals surface area contributed by atoms with Crippen LogP contribution >= 0.6 is 15.9 Å². The minimum absolute atomic E-state index is 0.112. The third-order valence-electron chi connectivity index (χ3n) is 4.10. The molecule has 0 unspecified atom stereocenters. The van der Waals surface area contributed by atoms with Crippen molar-refractivity contribution in [2.75, 3.05) is 11.4 Å². The monoisotopic (exact) mass is 308 g/mol. The van der Waals surface area contributed by atoms with E-state index in [0.717, 1.165) is 48.8 Å². The first kappa shape index (κ1) is 12.2. The minimum Gasteiger partial charge on any atom is -0.317 e. The molecule has 1 aliphatic carbocycles. The van der Waals surface area contributed by atoms with Crippen molar-refractivity contribution in [1.82, 2.24) is 0 Å². The summed E-state index contributed by atoms with van der Waals surface area (Å²) in [5.41, 5.74) is 7.93. The Morgan fingerprint density at radius 1 is 1.33 bits per heavy atom. The molecule has 0 spiro atoms. The van der Waals surface area contributed by atoms with Gasteiger partial charge in [0.2, 0.25) is 5.91 Å². The molecule has 0 saturated heterocycles. The second-order valence-corrected chi connectivity index (χ2v) is 6.26. The summed E-state index contributed by atoms with van der Waals surface area (Å²) in [6, 6.07) is 6.10. The van der Waals surface area contributed by atoms with Gasteiger partial charge in [-0.05, 0) is 43.0 Å². The van der Waals surface area contributed by atoms with Crippen LogP contribution in [0.5, 0.6) is 0 Å². The van der Waals surface area contributed by atoms with E-state index >= 15 is 0 Å². The molecule has 1 aromatic carbocycles. The van der Waals surface area contributed by atoms with Gasteiger partial charge in [0.1, 0.15) is 0 Å². The largest absolute Gasteiger partial charge is 0.317 e. The van der Waals surface area contributed by atoms with Crippen LogP contribution in [-0.2, 0) is 11.2 Å². The van der Waals surface area contributed by atoms with Gasteiger partial charge in [-0.2, -0.15) is 0 Å². The molecule has 3 rings (SSSR count). The number of fused-ring (bicyclic) bond motifs is 1. The third-order valence-corrected chi connectivity index (χ3v) is 4.60. The summed E-state index contributed by atoms with van der Waals surface area (Å²) < 4.78 is 1.07. The first-order valence-electron chi connectivity index (χ1n) is 6.49. The fourth-order valence-corrected chi connectivity index (χ4v) is 3.48. The van der Waals surface area contributed by atoms with E-state index in [0.29, 0.717) is 0 Å². The number of anilines is 1. The zero-order valence-corrected chi connectivity index (χ0v) is 11.9. The molecule has 0 aromatic heterocycles. The lowest BCUT2D eigenvalue weighted by molar-refractivity contribution is -0.123. The molecule has 1 aliphatic heterocycles. The van der Waals surface area contributed by atoms with Gasteiger partial charge in [0.25, 0.3) is 0 Å². The number of hydrogen-bond acceptors (Lipinski definition) is 2. The number of carbonyl (C=O) groups excluding carboxylic acids is 1. The van der Waals surface area contributed by atoms with E-state index < -0.39 is 5.54 Å². The molecule has 18 heavy (non-hydrogen) atoms. The molecule has 1 heterocycles. The van der Waals surface area contributed by atoms with Crippen molar-refractivity contribution in [1.29, 1.82) is 0 Å². The Morgan fingerprint density at radius 2 is 2.06 bits per heavy atom. The van der Waals surface area contributed by atoms with Gasteiger partial charge < -0.3 is 10.6 Å². The molecule has 0 radical (unpaired) electrons. The number of nitrogens with two attached hydrogens (primary N) is 1. The summed E-state index contributed by atoms with van der Waals surface area (Å²) in [5, 5.41) is 0. The number of halogens is 1. The molecule has 1 aromatic rings. The maximum atomic E-state index is 12.6. The molecule has 1 saturated carbocycles. The maximum absolute atomic E-state index is 12.6. The highest BCUT2D eigenvalue weighted by Crippen LogP contribution is 2.35. The number of hydrogen-bond donors (Lipinski definition) is 1. The molecule has 96 valence electrons. The van der Waals surface area contributed by atoms with Crippen LogP contribution in [0.15, 0.2) is 22.7 Å². The van der Waals surface area contributed by atoms with Gasteiger partial charge in [0, 0.05) is 16.7 Å². The first-order valence-corrected chi connectivity index (χ1v) is 7.29. The Bertz CT molecular complexity index is 495. The van der Waals surface area contributed by atoms with Crippen molar-refractivity contribution in [3.8, 4) is 0 Å². The molecule has 0 atom stereocenters. The predicted octanol–water partition coefficient (Wildman–Crippen LogP) is 2.61. The van der Waals surface area contributed by atoms with Crippen molar-refractivity contribution in [2.24, 2.45) is 5.73 Å². The van der Waals surface area contributed by atoms with Gasteiger partial charge in [0.05, 0.1) is 5.54 Å². The highest BCUT2D eigenvalue weighted by molar-refractivity contribution is 9.10. The number of nitrogens with zero attached hydrogens (tertiary/aromatic N) is 1. The van der Waals surface area contributed by atoms with Crippen molar-refractivity contribution in [3.63, 3.8) is 0 Å². The summed E-state index contributed by atoms with van der Waals surface area (Å²) in [7, 11) is 0. The summed E-state index contributed by atoms with van der Waals surface area (Å²) in [6.07, 6.45) is 4.73. The van der Waals surface area contributed by atoms with E-state index in [1.54, 1.807) is 0 Å². The second kappa shape index (κ2) is 4.35. The van der Waals surface area contributed by atoms with Gasteiger partial charge in [-0.3, -0.25) is 4.79 Å². The molecule has 2 N–H and O–H groups in total. The van der Waals surface area contributed by atoms with Crippen molar-refractivity contribution >= 4 is 27.5 Å². The Balaban J connectivity index is 1.90. The van der Waals surface area contributed by atoms with Crippen LogP contribution in [0, 0.1) is 0 Å². The predicted molar refractivity (Wildman–Crippen MR) is 75.6 cm³/mol. The van der Waals surface area contributed by atoms with E-state index in [4.69, 9.17) is 5.73 Å². The SMILES string of the molecule is NC1(C(=O)N2CCc3cc(Br)ccc32)CCCC1. The Kier molecular flexibility index (Phi) is 2.94. The van der Waals surface area contributed by atoms with Gasteiger partial charge in [-0.15, -0.1) is 0 Å². The fraction of sp³-hybridized carbons (Fsp3) is 0.500. The first-order chi connectivity index (χ1) is 8.60. The molecule has 1 fully saturated rings. The van der Waals surface area contributed by atoms with E-state index in [2.05, 4.69) is 22.0 Å². The van der Waals surface area contributed by atoms with E-state index in [-0.39, 0.29) is 5.91 Å². The summed E-state index contributed by atoms with van der Waals surface area (Å²) in [5.74, 6) is 0.112. The average Bonchev–Trinajstić information content (AvgIpc) is 2.95. The summed E-state index contributed by atoms with van der Waals surface area (Å²) >= 11 is 3.47. The van der Waals surface area contributed by atoms with Crippen LogP contribution in [0.1, 0.15) is 31.2 Å². The summed E-state index contributed by atoms with van der Waals surface area (Å²) in [4.78, 5) is 14.5. The Morgan fingerprint density at radius 3 is 2.78 bits per heavy atom. The fourth-order valence-electron chi connectivity index (χ4n) is 3.07. The molecular formula is C14H17BrN2O. The lowest BCUT2D eigenvalue weighted by atomic mass is 9.97. The highest BCUT2D eigenvalue weighted by atomic mass is 79.9. The zero-order chi connectivity index (χ0) is 12.8. The standard InChI is InChI=1S/C14H17BrN2O/c15-11-3-4-12-10(9-11)5-8-17(12)13(18)14(16)6-1-2-7-14/h3-4,9H,1-2,5-8,16H2. The van der Waals surface area contributed by atoms with E-state index in [1.165, 1.54) is 5.56 Å². The number of benzene rings is 1. The van der Waals surface area contributed by atoms with Crippen molar-refractivity contribution in [3.05, 3.63) is 28.2 Å². The van der Waals surface area contributed by atoms with Gasteiger partial charge >= 0.3 is 0 Å². The Labute approximate surface area is 115 Å². The molecule has 3 nitrogen and oxygen atoms in total. The van der Waals surface area contributed by atoms with E-state index in [9.17, 15) is 4.79 Å². The lowest BCUT2D eigenvalue weighted by Crippen LogP contribution is -2.53. The van der Waals surface area contributed by atoms with Crippen LogP contribution in [-0.4, -0.2) is 18.0 Å². The smallest absolute Gasteiger partial charge is 0.247 e. The number of rotatable bonds is 1. The van der Waals surface area contributed by atoms with Crippen LogP contribution in [0.25, 0.3) is 0 Å². The van der Waals surface area contributed by atoms with Crippen LogP contribution in [0.2, 0.25) is 0 Å². The van der Waals surface area contributed by atoms with Crippen LogP contribution < -0.4 is 10.6 Å². The molecule has 4 heteroatoms. The molecule has 2 aliphatic rings. The number of amides is 1. The highest BCUT2D eigenvalue weighted by Gasteiger charge is 2.41.